The summed E-state index contributed by atoms with van der Waals surface area (Å²) in [6.45, 7) is 9.56. The van der Waals surface area contributed by atoms with Crippen LogP contribution in [-0.2, 0) is 25.5 Å². The molecule has 2 aliphatic carbocycles. The second-order valence-electron chi connectivity index (χ2n) is 15.2. The molecule has 0 aliphatic heterocycles. The van der Waals surface area contributed by atoms with E-state index in [1.807, 2.05) is 18.2 Å². The largest absolute Gasteiger partial charge is 0.392 e. The van der Waals surface area contributed by atoms with E-state index in [1.165, 1.54) is 56.9 Å². The summed E-state index contributed by atoms with van der Waals surface area (Å²) >= 11 is 7.14. The van der Waals surface area contributed by atoms with Crippen molar-refractivity contribution >= 4 is 45.7 Å². The smallest absolute Gasteiger partial charge is 0.147 e. The Balaban J connectivity index is 0.000000921. The first-order valence-electron chi connectivity index (χ1n) is 20.6. The number of aryl methyl sites for hydroxylation is 1. The SMILES string of the molecule is C=C(C=O)CO.C=C(C=O)CO.CCCCCc1ccc(C2CCC(C3CCC(c4ccc(C(CCCOC)CCCOC)cc4F)CC3)CC2)cc1F.SSS. The third kappa shape index (κ3) is 21.2. The van der Waals surface area contributed by atoms with Crippen molar-refractivity contribution in [2.45, 2.75) is 127 Å². The summed E-state index contributed by atoms with van der Waals surface area (Å²) < 4.78 is 40.8. The minimum atomic E-state index is -0.233. The molecule has 2 saturated carbocycles. The van der Waals surface area contributed by atoms with Crippen LogP contribution in [0.3, 0.4) is 0 Å². The lowest BCUT2D eigenvalue weighted by atomic mass is 9.67. The van der Waals surface area contributed by atoms with Crippen molar-refractivity contribution < 1.29 is 38.1 Å². The number of unbranched alkanes of at least 4 members (excludes halogenated alkanes) is 2. The zero-order chi connectivity index (χ0) is 42.4. The maximum atomic E-state index is 15.5. The summed E-state index contributed by atoms with van der Waals surface area (Å²) in [4.78, 5) is 19.0. The summed E-state index contributed by atoms with van der Waals surface area (Å²) in [5.74, 6) is 2.70. The van der Waals surface area contributed by atoms with Gasteiger partial charge < -0.3 is 19.7 Å². The topological polar surface area (TPSA) is 93.1 Å². The standard InChI is InChI=1S/C38H56F2O2.2C4H6O2.H2S3/c1-4-5-6-9-33-20-21-34(26-37(33)39)31-14-12-29(13-15-31)30-16-18-32(19-17-30)36-23-22-35(27-38(36)40)28(10-7-24-41-2)11-8-25-42-3;2*1-4(2-5)3-6;1-3-2/h20-23,26-32H,4-19,24-25H2,1-3H3;2*2,6H,1,3H2;1-2H. The Hall–Kier alpha value is -1.99. The molecule has 2 aromatic carbocycles. The van der Waals surface area contributed by atoms with Crippen LogP contribution in [0.5, 0.6) is 0 Å². The molecule has 0 radical (unpaired) electrons. The van der Waals surface area contributed by atoms with Gasteiger partial charge in [-0.1, -0.05) is 80.5 Å². The molecule has 2 aliphatic rings. The molecule has 6 nitrogen and oxygen atoms in total. The van der Waals surface area contributed by atoms with E-state index in [-0.39, 0.29) is 36.0 Å². The van der Waals surface area contributed by atoms with Crippen LogP contribution in [0.25, 0.3) is 0 Å². The van der Waals surface area contributed by atoms with Crippen LogP contribution < -0.4 is 0 Å². The van der Waals surface area contributed by atoms with Gasteiger partial charge in [0.2, 0.25) is 0 Å². The molecule has 0 bridgehead atoms. The van der Waals surface area contributed by atoms with Gasteiger partial charge in [-0.2, -0.15) is 0 Å². The van der Waals surface area contributed by atoms with Crippen LogP contribution in [0.15, 0.2) is 60.7 Å². The Morgan fingerprint density at radius 1 is 0.772 bits per heavy atom. The zero-order valence-electron chi connectivity index (χ0n) is 34.6. The van der Waals surface area contributed by atoms with Crippen LogP contribution in [-0.4, -0.2) is 63.4 Å². The Morgan fingerprint density at radius 3 is 1.68 bits per heavy atom. The summed E-state index contributed by atoms with van der Waals surface area (Å²) in [5, 5.41) is 16.0. The van der Waals surface area contributed by atoms with Gasteiger partial charge in [0.05, 0.1) is 13.2 Å². The van der Waals surface area contributed by atoms with E-state index >= 15 is 4.39 Å². The minimum Gasteiger partial charge on any atom is -0.392 e. The lowest BCUT2D eigenvalue weighted by molar-refractivity contribution is -0.106. The van der Waals surface area contributed by atoms with Gasteiger partial charge in [0, 0.05) is 38.6 Å². The fraction of sp³-hybridized carbons (Fsp3) is 0.609. The van der Waals surface area contributed by atoms with Gasteiger partial charge in [-0.25, -0.2) is 8.78 Å². The van der Waals surface area contributed by atoms with E-state index in [0.29, 0.717) is 30.3 Å². The number of ether oxygens (including phenoxy) is 2. The molecule has 57 heavy (non-hydrogen) atoms. The predicted molar refractivity (Wildman–Crippen MR) is 241 cm³/mol. The van der Waals surface area contributed by atoms with Crippen LogP contribution >= 0.6 is 33.1 Å². The molecular formula is C46H70F2O6S3. The van der Waals surface area contributed by atoms with Gasteiger partial charge in [-0.05, 0) is 164 Å². The minimum absolute atomic E-state index is 0.00276. The second kappa shape index (κ2) is 32.8. The molecule has 0 spiro atoms. The number of thiol groups is 2. The Morgan fingerprint density at radius 2 is 1.28 bits per heavy atom. The molecule has 322 valence electrons. The van der Waals surface area contributed by atoms with Crippen molar-refractivity contribution in [3.05, 3.63) is 94.6 Å². The molecule has 2 N–H and O–H groups in total. The first kappa shape index (κ1) is 53.0. The third-order valence-corrected chi connectivity index (χ3v) is 11.3. The van der Waals surface area contributed by atoms with Gasteiger partial charge >= 0.3 is 0 Å². The highest BCUT2D eigenvalue weighted by atomic mass is 33.5. The van der Waals surface area contributed by atoms with E-state index in [4.69, 9.17) is 19.7 Å². The number of halogens is 2. The van der Waals surface area contributed by atoms with Crippen molar-refractivity contribution in [2.24, 2.45) is 11.8 Å². The average molecular weight is 853 g/mol. The van der Waals surface area contributed by atoms with Crippen LogP contribution in [0.2, 0.25) is 0 Å². The average Bonchev–Trinajstić information content (AvgIpc) is 3.24. The number of aldehydes is 2. The number of aliphatic hydroxyl groups is 2. The van der Waals surface area contributed by atoms with Crippen molar-refractivity contribution in [1.82, 2.24) is 0 Å². The van der Waals surface area contributed by atoms with Gasteiger partial charge in [0.25, 0.3) is 0 Å². The summed E-state index contributed by atoms with van der Waals surface area (Å²) in [6.07, 6.45) is 18.8. The first-order chi connectivity index (χ1) is 27.6. The predicted octanol–water partition coefficient (Wildman–Crippen LogP) is 11.8. The molecule has 0 saturated heterocycles. The van der Waals surface area contributed by atoms with E-state index in [2.05, 4.69) is 61.6 Å². The number of hydrogen-bond acceptors (Lipinski definition) is 9. The van der Waals surface area contributed by atoms with E-state index in [9.17, 15) is 14.0 Å². The van der Waals surface area contributed by atoms with Crippen LogP contribution in [0.4, 0.5) is 8.78 Å². The molecule has 0 heterocycles. The highest BCUT2D eigenvalue weighted by molar-refractivity contribution is 9.01. The molecule has 0 unspecified atom stereocenters. The molecule has 11 heteroatoms. The van der Waals surface area contributed by atoms with Crippen molar-refractivity contribution in [2.75, 3.05) is 40.6 Å². The molecule has 2 fully saturated rings. The van der Waals surface area contributed by atoms with Crippen molar-refractivity contribution in [1.29, 1.82) is 0 Å². The summed E-state index contributed by atoms with van der Waals surface area (Å²) in [6, 6.07) is 12.2. The number of hydrogen-bond donors (Lipinski definition) is 4. The second-order valence-corrected chi connectivity index (χ2v) is 17.4. The maximum absolute atomic E-state index is 15.5. The lowest BCUT2D eigenvalue weighted by Crippen LogP contribution is -2.25. The Kier molecular flexibility index (Phi) is 30.5. The van der Waals surface area contributed by atoms with Gasteiger partial charge in [-0.3, -0.25) is 9.59 Å². The molecule has 0 atom stereocenters. The maximum Gasteiger partial charge on any atom is 0.147 e. The third-order valence-electron chi connectivity index (χ3n) is 11.3. The number of carbonyl (C=O) groups is 2. The summed E-state index contributed by atoms with van der Waals surface area (Å²) in [5.41, 5.74) is 4.57. The lowest BCUT2D eigenvalue weighted by Gasteiger charge is -2.38. The van der Waals surface area contributed by atoms with Crippen LogP contribution in [0.1, 0.15) is 143 Å². The molecule has 0 aromatic heterocycles. The van der Waals surface area contributed by atoms with Crippen molar-refractivity contribution in [3.63, 3.8) is 0 Å². The van der Waals surface area contributed by atoms with E-state index in [1.54, 1.807) is 14.2 Å². The van der Waals surface area contributed by atoms with E-state index in [0.717, 1.165) is 103 Å². The van der Waals surface area contributed by atoms with Gasteiger partial charge in [0.1, 0.15) is 24.2 Å². The quantitative estimate of drug-likeness (QED) is 0.0347. The molecule has 4 rings (SSSR count). The molecular weight excluding hydrogens is 783 g/mol. The number of carbonyl (C=O) groups excluding carboxylic acids is 2. The number of aliphatic hydroxyl groups excluding tert-OH is 2. The fourth-order valence-corrected chi connectivity index (χ4v) is 8.04. The Bertz CT molecular complexity index is 1380. The van der Waals surface area contributed by atoms with E-state index < -0.39 is 0 Å². The molecule has 0 amide bonds. The van der Waals surface area contributed by atoms with Crippen LogP contribution in [0, 0.1) is 23.5 Å². The number of methoxy groups -OCH3 is 2. The zero-order valence-corrected chi connectivity index (χ0v) is 37.3. The monoisotopic (exact) mass is 852 g/mol. The van der Waals surface area contributed by atoms with Gasteiger partial charge in [0.15, 0.2) is 0 Å². The summed E-state index contributed by atoms with van der Waals surface area (Å²) in [7, 11) is 4.62. The highest BCUT2D eigenvalue weighted by Crippen LogP contribution is 2.46. The molecule has 2 aromatic rings. The Labute approximate surface area is 356 Å². The first-order valence-corrected chi connectivity index (χ1v) is 23.5. The van der Waals surface area contributed by atoms with Crippen molar-refractivity contribution in [3.8, 4) is 0 Å². The number of rotatable bonds is 20. The number of benzene rings is 2. The highest BCUT2D eigenvalue weighted by Gasteiger charge is 2.32. The van der Waals surface area contributed by atoms with Gasteiger partial charge in [-0.15, -0.1) is 0 Å². The normalized spacial score (nSPS) is 18.8. The fourth-order valence-electron chi connectivity index (χ4n) is 8.04.